The highest BCUT2D eigenvalue weighted by atomic mass is 28.4. The Balaban J connectivity index is 2.13. The molecular weight excluding hydrogens is 308 g/mol. The van der Waals surface area contributed by atoms with Gasteiger partial charge in [-0.25, -0.2) is 0 Å². The fourth-order valence-corrected chi connectivity index (χ4v) is 5.65. The van der Waals surface area contributed by atoms with Crippen LogP contribution < -0.4 is 0 Å². The number of hydrogen-bond acceptors (Lipinski definition) is 1. The molecule has 0 aliphatic heterocycles. The Hall–Kier alpha value is -0.0831. The van der Waals surface area contributed by atoms with Crippen LogP contribution in [0.15, 0.2) is 11.6 Å². The molecule has 140 valence electrons. The summed E-state index contributed by atoms with van der Waals surface area (Å²) in [4.78, 5) is 0. The second-order valence-corrected chi connectivity index (χ2v) is 15.8. The molecule has 2 heteroatoms. The molecule has 2 aliphatic rings. The maximum Gasteiger partial charge on any atom is 0.192 e. The molecule has 0 aromatic carbocycles. The van der Waals surface area contributed by atoms with Crippen molar-refractivity contribution < 1.29 is 4.43 Å². The second-order valence-electron chi connectivity index (χ2n) is 11.0. The Kier molecular flexibility index (Phi) is 5.82. The molecule has 1 saturated carbocycles. The maximum absolute atomic E-state index is 6.65. The zero-order valence-corrected chi connectivity index (χ0v) is 18.8. The first kappa shape index (κ1) is 20.2. The lowest BCUT2D eigenvalue weighted by Gasteiger charge is -2.48. The number of allylic oxidation sites excluding steroid dienone is 2. The molecule has 0 radical (unpaired) electrons. The van der Waals surface area contributed by atoms with Gasteiger partial charge >= 0.3 is 0 Å². The van der Waals surface area contributed by atoms with Crippen LogP contribution in [0.25, 0.3) is 0 Å². The molecule has 2 rings (SSSR count). The third-order valence-corrected chi connectivity index (χ3v) is 11.9. The van der Waals surface area contributed by atoms with Crippen molar-refractivity contribution in [2.75, 3.05) is 6.61 Å². The lowest BCUT2D eigenvalue weighted by atomic mass is 9.59. The van der Waals surface area contributed by atoms with Crippen molar-refractivity contribution in [3.63, 3.8) is 0 Å². The van der Waals surface area contributed by atoms with Crippen LogP contribution in [0.5, 0.6) is 0 Å². The van der Waals surface area contributed by atoms with Crippen LogP contribution in [0, 0.1) is 29.1 Å². The van der Waals surface area contributed by atoms with Gasteiger partial charge in [0.2, 0.25) is 0 Å². The normalized spacial score (nSPS) is 34.9. The molecule has 0 aromatic rings. The summed E-state index contributed by atoms with van der Waals surface area (Å²) in [6, 6.07) is 0. The van der Waals surface area contributed by atoms with Crippen LogP contribution in [-0.2, 0) is 4.43 Å². The van der Waals surface area contributed by atoms with Gasteiger partial charge < -0.3 is 4.43 Å². The zero-order valence-electron chi connectivity index (χ0n) is 17.8. The van der Waals surface area contributed by atoms with E-state index in [1.807, 2.05) is 0 Å². The molecular formula is C22H42OSi. The fourth-order valence-electron chi connectivity index (χ4n) is 4.51. The van der Waals surface area contributed by atoms with Gasteiger partial charge in [0.1, 0.15) is 0 Å². The summed E-state index contributed by atoms with van der Waals surface area (Å²) < 4.78 is 6.65. The summed E-state index contributed by atoms with van der Waals surface area (Å²) >= 11 is 0. The van der Waals surface area contributed by atoms with E-state index in [9.17, 15) is 0 Å². The topological polar surface area (TPSA) is 9.23 Å². The molecule has 1 fully saturated rings. The molecule has 0 spiro atoms. The average Bonchev–Trinajstić information content (AvgIpc) is 2.44. The molecule has 0 unspecified atom stereocenters. The first-order chi connectivity index (χ1) is 10.9. The standard InChI is InChI=1S/C22H42OSi/c1-16(2)18-11-10-17(3)19-12-13-22(7,14-20(18)19)15-23-24(8,9)21(4,5)6/h12,16-18,20H,10-11,13-15H2,1-9H3/t17-,18-,20-,22+/m1/s1. The lowest BCUT2D eigenvalue weighted by Crippen LogP contribution is -2.45. The monoisotopic (exact) mass is 350 g/mol. The van der Waals surface area contributed by atoms with E-state index in [1.165, 1.54) is 25.7 Å². The van der Waals surface area contributed by atoms with Crippen molar-refractivity contribution in [2.24, 2.45) is 29.1 Å². The maximum atomic E-state index is 6.65. The lowest BCUT2D eigenvalue weighted by molar-refractivity contribution is 0.0767. The molecule has 2 aliphatic carbocycles. The molecule has 24 heavy (non-hydrogen) atoms. The van der Waals surface area contributed by atoms with E-state index in [0.717, 1.165) is 30.3 Å². The third-order valence-electron chi connectivity index (χ3n) is 7.43. The summed E-state index contributed by atoms with van der Waals surface area (Å²) in [5, 5.41) is 0.304. The van der Waals surface area contributed by atoms with Crippen molar-refractivity contribution in [3.05, 3.63) is 11.6 Å². The molecule has 1 nitrogen and oxygen atoms in total. The summed E-state index contributed by atoms with van der Waals surface area (Å²) in [5.74, 6) is 3.28. The van der Waals surface area contributed by atoms with Gasteiger partial charge in [-0.05, 0) is 72.9 Å². The van der Waals surface area contributed by atoms with E-state index in [-0.39, 0.29) is 0 Å². The quantitative estimate of drug-likeness (QED) is 0.390. The van der Waals surface area contributed by atoms with Gasteiger partial charge in [-0.15, -0.1) is 0 Å². The smallest absolute Gasteiger partial charge is 0.192 e. The van der Waals surface area contributed by atoms with E-state index >= 15 is 0 Å². The number of hydrogen-bond donors (Lipinski definition) is 0. The van der Waals surface area contributed by atoms with Gasteiger partial charge in [0.05, 0.1) is 0 Å². The summed E-state index contributed by atoms with van der Waals surface area (Å²) in [5.41, 5.74) is 2.11. The number of rotatable bonds is 4. The number of fused-ring (bicyclic) bond motifs is 1. The van der Waals surface area contributed by atoms with Gasteiger partial charge in [0.25, 0.3) is 0 Å². The minimum Gasteiger partial charge on any atom is -0.416 e. The van der Waals surface area contributed by atoms with Gasteiger partial charge in [-0.2, -0.15) is 0 Å². The second kappa shape index (κ2) is 6.91. The van der Waals surface area contributed by atoms with Gasteiger partial charge in [0, 0.05) is 6.61 Å². The molecule has 0 aromatic heterocycles. The van der Waals surface area contributed by atoms with E-state index < -0.39 is 8.32 Å². The Morgan fingerprint density at radius 2 is 1.88 bits per heavy atom. The Morgan fingerprint density at radius 3 is 2.42 bits per heavy atom. The van der Waals surface area contributed by atoms with Crippen molar-refractivity contribution in [3.8, 4) is 0 Å². The van der Waals surface area contributed by atoms with E-state index in [0.29, 0.717) is 10.5 Å². The first-order valence-corrected chi connectivity index (χ1v) is 13.1. The van der Waals surface area contributed by atoms with Gasteiger partial charge in [-0.1, -0.05) is 60.1 Å². The highest BCUT2D eigenvalue weighted by Gasteiger charge is 2.44. The Labute approximate surface area is 152 Å². The minimum absolute atomic E-state index is 0.304. The van der Waals surface area contributed by atoms with Crippen LogP contribution >= 0.6 is 0 Å². The third kappa shape index (κ3) is 4.18. The highest BCUT2D eigenvalue weighted by Crippen LogP contribution is 2.51. The predicted molar refractivity (Wildman–Crippen MR) is 109 cm³/mol. The fraction of sp³-hybridized carbons (Fsp3) is 0.909. The summed E-state index contributed by atoms with van der Waals surface area (Å²) in [6.07, 6.45) is 7.97. The van der Waals surface area contributed by atoms with Gasteiger partial charge in [0.15, 0.2) is 8.32 Å². The Bertz CT molecular complexity index is 471. The molecule has 0 saturated heterocycles. The van der Waals surface area contributed by atoms with Crippen molar-refractivity contribution in [1.82, 2.24) is 0 Å². The largest absolute Gasteiger partial charge is 0.416 e. The van der Waals surface area contributed by atoms with Crippen LogP contribution in [0.3, 0.4) is 0 Å². The average molecular weight is 351 g/mol. The SMILES string of the molecule is CC(C)[C@H]1CC[C@@H](C)C2=CC[C@](C)(CO[Si](C)(C)C(C)(C)C)C[C@@H]21. The van der Waals surface area contributed by atoms with E-state index in [2.05, 4.69) is 67.6 Å². The summed E-state index contributed by atoms with van der Waals surface area (Å²) in [7, 11) is -1.65. The van der Waals surface area contributed by atoms with Crippen molar-refractivity contribution >= 4 is 8.32 Å². The molecule has 0 bridgehead atoms. The van der Waals surface area contributed by atoms with Crippen LogP contribution in [-0.4, -0.2) is 14.9 Å². The zero-order chi connectivity index (χ0) is 18.3. The van der Waals surface area contributed by atoms with E-state index in [4.69, 9.17) is 4.43 Å². The molecule has 4 atom stereocenters. The van der Waals surface area contributed by atoms with Crippen LogP contribution in [0.4, 0.5) is 0 Å². The van der Waals surface area contributed by atoms with Crippen molar-refractivity contribution in [2.45, 2.75) is 92.3 Å². The minimum atomic E-state index is -1.65. The molecule has 0 heterocycles. The van der Waals surface area contributed by atoms with Crippen LogP contribution in [0.2, 0.25) is 18.1 Å². The van der Waals surface area contributed by atoms with Crippen LogP contribution in [0.1, 0.15) is 74.1 Å². The Morgan fingerprint density at radius 1 is 1.25 bits per heavy atom. The highest BCUT2D eigenvalue weighted by molar-refractivity contribution is 6.74. The molecule has 0 N–H and O–H groups in total. The molecule has 0 amide bonds. The van der Waals surface area contributed by atoms with Gasteiger partial charge in [-0.3, -0.25) is 0 Å². The van der Waals surface area contributed by atoms with Crippen molar-refractivity contribution in [1.29, 1.82) is 0 Å². The first-order valence-electron chi connectivity index (χ1n) is 10.2. The van der Waals surface area contributed by atoms with E-state index in [1.54, 1.807) is 5.57 Å². The predicted octanol–water partition coefficient (Wildman–Crippen LogP) is 7.05. The summed E-state index contributed by atoms with van der Waals surface area (Å²) in [6.45, 7) is 22.5.